The van der Waals surface area contributed by atoms with Crippen LogP contribution < -0.4 is 11.1 Å². The summed E-state index contributed by atoms with van der Waals surface area (Å²) in [5.74, 6) is -0.312. The summed E-state index contributed by atoms with van der Waals surface area (Å²) in [4.78, 5) is 12.3. The number of hydrogen-bond acceptors (Lipinski definition) is 3. The number of aliphatic hydroxyl groups excluding tert-OH is 1. The summed E-state index contributed by atoms with van der Waals surface area (Å²) in [6, 6.07) is 7.28. The molecular weight excluding hydrogens is 252 g/mol. The molecule has 4 heteroatoms. The average Bonchev–Trinajstić information content (AvgIpc) is 2.35. The summed E-state index contributed by atoms with van der Waals surface area (Å²) < 4.78 is 0. The minimum absolute atomic E-state index is 0.0468. The van der Waals surface area contributed by atoms with Crippen LogP contribution in [0.15, 0.2) is 24.3 Å². The predicted molar refractivity (Wildman–Crippen MR) is 82.3 cm³/mol. The molecule has 4 nitrogen and oxygen atoms in total. The molecule has 0 saturated carbocycles. The minimum Gasteiger partial charge on any atom is -0.389 e. The molecule has 0 fully saturated rings. The summed E-state index contributed by atoms with van der Waals surface area (Å²) in [6.45, 7) is 8.27. The number of amides is 1. The normalized spacial score (nSPS) is 14.7. The maximum absolute atomic E-state index is 12.3. The van der Waals surface area contributed by atoms with E-state index in [0.717, 1.165) is 6.42 Å². The first-order chi connectivity index (χ1) is 9.24. The molecule has 0 radical (unpaired) electrons. The minimum atomic E-state index is -0.620. The van der Waals surface area contributed by atoms with Gasteiger partial charge in [0, 0.05) is 17.8 Å². The molecule has 1 rings (SSSR count). The molecule has 0 saturated heterocycles. The van der Waals surface area contributed by atoms with Crippen molar-refractivity contribution >= 4 is 11.6 Å². The van der Waals surface area contributed by atoms with Crippen LogP contribution in [0.2, 0.25) is 0 Å². The molecule has 0 aliphatic rings. The Balaban J connectivity index is 2.84. The lowest BCUT2D eigenvalue weighted by Crippen LogP contribution is -2.32. The van der Waals surface area contributed by atoms with E-state index in [1.807, 2.05) is 18.2 Å². The van der Waals surface area contributed by atoms with E-state index in [0.29, 0.717) is 17.8 Å². The van der Waals surface area contributed by atoms with E-state index in [4.69, 9.17) is 5.73 Å². The van der Waals surface area contributed by atoms with Crippen LogP contribution >= 0.6 is 0 Å². The van der Waals surface area contributed by atoms with Crippen LogP contribution in [0.25, 0.3) is 0 Å². The lowest BCUT2D eigenvalue weighted by atomic mass is 9.84. The Hall–Kier alpha value is -1.39. The van der Waals surface area contributed by atoms with Crippen LogP contribution in [0.1, 0.15) is 45.8 Å². The molecule has 112 valence electrons. The van der Waals surface area contributed by atoms with Crippen molar-refractivity contribution in [2.24, 2.45) is 17.1 Å². The van der Waals surface area contributed by atoms with E-state index in [1.54, 1.807) is 13.0 Å². The van der Waals surface area contributed by atoms with Gasteiger partial charge in [0.2, 0.25) is 5.91 Å². The smallest absolute Gasteiger partial charge is 0.228 e. The van der Waals surface area contributed by atoms with Gasteiger partial charge in [-0.3, -0.25) is 4.79 Å². The van der Waals surface area contributed by atoms with Crippen molar-refractivity contribution in [1.82, 2.24) is 0 Å². The third-order valence-electron chi connectivity index (χ3n) is 3.18. The van der Waals surface area contributed by atoms with Crippen LogP contribution in [-0.4, -0.2) is 17.6 Å². The number of hydrogen-bond donors (Lipinski definition) is 3. The highest BCUT2D eigenvalue weighted by atomic mass is 16.3. The van der Waals surface area contributed by atoms with Gasteiger partial charge in [-0.25, -0.2) is 0 Å². The second kappa shape index (κ2) is 6.86. The first-order valence-electron chi connectivity index (χ1n) is 7.02. The SMILES string of the molecule is CC(O)c1ccccc1NC(=O)C(CN)CC(C)(C)C. The maximum atomic E-state index is 12.3. The number of aliphatic hydroxyl groups is 1. The maximum Gasteiger partial charge on any atom is 0.228 e. The van der Waals surface area contributed by atoms with Gasteiger partial charge in [-0.05, 0) is 24.8 Å². The quantitative estimate of drug-likeness (QED) is 0.775. The second-order valence-electron chi connectivity index (χ2n) is 6.45. The molecule has 1 aromatic rings. The van der Waals surface area contributed by atoms with Gasteiger partial charge in [0.1, 0.15) is 0 Å². The van der Waals surface area contributed by atoms with E-state index in [1.165, 1.54) is 0 Å². The van der Waals surface area contributed by atoms with Gasteiger partial charge in [0.15, 0.2) is 0 Å². The molecule has 0 heterocycles. The van der Waals surface area contributed by atoms with Crippen LogP contribution in [-0.2, 0) is 4.79 Å². The van der Waals surface area contributed by atoms with E-state index in [-0.39, 0.29) is 17.2 Å². The number of nitrogens with one attached hydrogen (secondary N) is 1. The standard InChI is InChI=1S/C16H26N2O2/c1-11(19)13-7-5-6-8-14(13)18-15(20)12(10-17)9-16(2,3)4/h5-8,11-12,19H,9-10,17H2,1-4H3,(H,18,20). The predicted octanol–water partition coefficient (Wildman–Crippen LogP) is 2.69. The molecule has 1 aromatic carbocycles. The van der Waals surface area contributed by atoms with Gasteiger partial charge in [0.25, 0.3) is 0 Å². The fourth-order valence-corrected chi connectivity index (χ4v) is 2.23. The van der Waals surface area contributed by atoms with Gasteiger partial charge in [-0.1, -0.05) is 39.0 Å². The van der Waals surface area contributed by atoms with Crippen LogP contribution in [0.4, 0.5) is 5.69 Å². The van der Waals surface area contributed by atoms with Crippen LogP contribution in [0.3, 0.4) is 0 Å². The van der Waals surface area contributed by atoms with E-state index in [2.05, 4.69) is 26.1 Å². The zero-order chi connectivity index (χ0) is 15.3. The Morgan fingerprint density at radius 2 is 1.95 bits per heavy atom. The number of benzene rings is 1. The monoisotopic (exact) mass is 278 g/mol. The van der Waals surface area contributed by atoms with Gasteiger partial charge < -0.3 is 16.2 Å². The third kappa shape index (κ3) is 4.94. The highest BCUT2D eigenvalue weighted by molar-refractivity contribution is 5.93. The molecule has 2 atom stereocenters. The second-order valence-corrected chi connectivity index (χ2v) is 6.45. The van der Waals surface area contributed by atoms with Crippen molar-refractivity contribution in [2.75, 3.05) is 11.9 Å². The summed E-state index contributed by atoms with van der Waals surface area (Å²) in [5, 5.41) is 12.6. The van der Waals surface area contributed by atoms with Crippen molar-refractivity contribution in [1.29, 1.82) is 0 Å². The number of nitrogens with two attached hydrogens (primary N) is 1. The Bertz CT molecular complexity index is 450. The highest BCUT2D eigenvalue weighted by Crippen LogP contribution is 2.26. The molecule has 0 aromatic heterocycles. The molecule has 0 aliphatic carbocycles. The molecule has 4 N–H and O–H groups in total. The van der Waals surface area contributed by atoms with Crippen molar-refractivity contribution in [3.63, 3.8) is 0 Å². The number of carbonyl (C=O) groups is 1. The van der Waals surface area contributed by atoms with Gasteiger partial charge >= 0.3 is 0 Å². The summed E-state index contributed by atoms with van der Waals surface area (Å²) in [7, 11) is 0. The van der Waals surface area contributed by atoms with Gasteiger partial charge in [-0.15, -0.1) is 0 Å². The van der Waals surface area contributed by atoms with Crippen LogP contribution in [0.5, 0.6) is 0 Å². The van der Waals surface area contributed by atoms with Crippen molar-refractivity contribution in [3.8, 4) is 0 Å². The fourth-order valence-electron chi connectivity index (χ4n) is 2.23. The highest BCUT2D eigenvalue weighted by Gasteiger charge is 2.24. The van der Waals surface area contributed by atoms with Crippen molar-refractivity contribution < 1.29 is 9.90 Å². The fraction of sp³-hybridized carbons (Fsp3) is 0.562. The summed E-state index contributed by atoms with van der Waals surface area (Å²) >= 11 is 0. The number of carbonyl (C=O) groups excluding carboxylic acids is 1. The Kier molecular flexibility index (Phi) is 5.72. The number of para-hydroxylation sites is 1. The van der Waals surface area contributed by atoms with Crippen molar-refractivity contribution in [3.05, 3.63) is 29.8 Å². The van der Waals surface area contributed by atoms with Gasteiger partial charge in [0.05, 0.1) is 12.0 Å². The zero-order valence-corrected chi connectivity index (χ0v) is 12.8. The third-order valence-corrected chi connectivity index (χ3v) is 3.18. The van der Waals surface area contributed by atoms with Crippen LogP contribution in [0, 0.1) is 11.3 Å². The molecule has 0 spiro atoms. The zero-order valence-electron chi connectivity index (χ0n) is 12.8. The summed E-state index contributed by atoms with van der Waals surface area (Å²) in [5.41, 5.74) is 7.14. The molecule has 1 amide bonds. The van der Waals surface area contributed by atoms with E-state index < -0.39 is 6.10 Å². The first kappa shape index (κ1) is 16.7. The Morgan fingerprint density at radius 1 is 1.35 bits per heavy atom. The number of rotatable bonds is 5. The van der Waals surface area contributed by atoms with Crippen molar-refractivity contribution in [2.45, 2.75) is 40.2 Å². The first-order valence-corrected chi connectivity index (χ1v) is 7.02. The topological polar surface area (TPSA) is 75.3 Å². The van der Waals surface area contributed by atoms with E-state index >= 15 is 0 Å². The molecule has 20 heavy (non-hydrogen) atoms. The largest absolute Gasteiger partial charge is 0.389 e. The average molecular weight is 278 g/mol. The van der Waals surface area contributed by atoms with Gasteiger partial charge in [-0.2, -0.15) is 0 Å². The van der Waals surface area contributed by atoms with E-state index in [9.17, 15) is 9.90 Å². The Labute approximate surface area is 121 Å². The Morgan fingerprint density at radius 3 is 2.45 bits per heavy atom. The molecular formula is C16H26N2O2. The molecule has 2 unspecified atom stereocenters. The molecule has 0 bridgehead atoms. The lowest BCUT2D eigenvalue weighted by Gasteiger charge is -2.25. The molecule has 0 aliphatic heterocycles. The lowest BCUT2D eigenvalue weighted by molar-refractivity contribution is -0.120. The summed E-state index contributed by atoms with van der Waals surface area (Å²) in [6.07, 6.45) is 0.108. The number of anilines is 1.